The minimum atomic E-state index is -5.01. The summed E-state index contributed by atoms with van der Waals surface area (Å²) in [5.41, 5.74) is 1.42. The summed E-state index contributed by atoms with van der Waals surface area (Å²) in [6.07, 6.45) is -0.695. The molecule has 2 aliphatic heterocycles. The summed E-state index contributed by atoms with van der Waals surface area (Å²) in [5.74, 6) is -0.985. The first-order valence-corrected chi connectivity index (χ1v) is 11.3. The number of alkyl halides is 3. The lowest BCUT2D eigenvalue weighted by atomic mass is 10.1. The summed E-state index contributed by atoms with van der Waals surface area (Å²) in [5, 5.41) is 4.26. The number of piperazine rings is 1. The predicted octanol–water partition coefficient (Wildman–Crippen LogP) is 2.26. The van der Waals surface area contributed by atoms with E-state index >= 15 is 0 Å². The molecule has 0 aliphatic carbocycles. The summed E-state index contributed by atoms with van der Waals surface area (Å²) in [6, 6.07) is 4.64. The van der Waals surface area contributed by atoms with Gasteiger partial charge in [-0.15, -0.1) is 13.2 Å². The molecule has 8 nitrogen and oxygen atoms in total. The molecule has 1 saturated heterocycles. The van der Waals surface area contributed by atoms with E-state index in [0.29, 0.717) is 5.56 Å². The first-order chi connectivity index (χ1) is 14.7. The van der Waals surface area contributed by atoms with Gasteiger partial charge in [0, 0.05) is 32.7 Å². The lowest BCUT2D eigenvalue weighted by molar-refractivity contribution is -0.275. The van der Waals surface area contributed by atoms with Crippen molar-refractivity contribution in [3.63, 3.8) is 0 Å². The smallest absolute Gasteiger partial charge is 0.404 e. The maximum atomic E-state index is 13.0. The van der Waals surface area contributed by atoms with Crippen molar-refractivity contribution >= 4 is 15.9 Å². The van der Waals surface area contributed by atoms with E-state index in [4.69, 9.17) is 0 Å². The van der Waals surface area contributed by atoms with E-state index < -0.39 is 27.0 Å². The molecule has 4 rings (SSSR count). The van der Waals surface area contributed by atoms with Crippen molar-refractivity contribution in [3.05, 3.63) is 41.7 Å². The number of nitrogens with zero attached hydrogens (tertiary/aromatic N) is 4. The second kappa shape index (κ2) is 8.15. The monoisotopic (exact) mass is 458 g/mol. The molecule has 0 saturated carbocycles. The number of carbonyl (C=O) groups excluding carboxylic acids is 1. The second-order valence-corrected chi connectivity index (χ2v) is 9.28. The highest BCUT2D eigenvalue weighted by Gasteiger charge is 2.37. The molecule has 3 heterocycles. The number of hydrogen-bond donors (Lipinski definition) is 0. The van der Waals surface area contributed by atoms with Crippen molar-refractivity contribution in [1.29, 1.82) is 0 Å². The molecular weight excluding hydrogens is 437 g/mol. The molecule has 168 valence electrons. The average Bonchev–Trinajstić information content (AvgIpc) is 3.16. The number of fused-ring (bicyclic) bond motifs is 1. The normalized spacial score (nSPS) is 18.0. The minimum absolute atomic E-state index is 0.0299. The summed E-state index contributed by atoms with van der Waals surface area (Å²) in [4.78, 5) is 13.9. The highest BCUT2D eigenvalue weighted by atomic mass is 32.2. The van der Waals surface area contributed by atoms with Crippen LogP contribution in [0, 0.1) is 0 Å². The Kier molecular flexibility index (Phi) is 5.69. The standard InChI is InChI=1S/C19H21F3N4O4S/c20-19(21,22)30-16-6-1-2-7-17(16)31(28,29)25-11-9-24(10-12-25)18(27)14-13-23-26-8-4-3-5-15(14)26/h1-2,6-7,13H,3-5,8-12H2. The third kappa shape index (κ3) is 4.40. The molecule has 1 amide bonds. The van der Waals surface area contributed by atoms with Crippen LogP contribution in [0.3, 0.4) is 0 Å². The van der Waals surface area contributed by atoms with Crippen LogP contribution in [-0.4, -0.2) is 65.9 Å². The highest BCUT2D eigenvalue weighted by Crippen LogP contribution is 2.31. The zero-order chi connectivity index (χ0) is 22.2. The molecule has 2 aliphatic rings. The molecule has 0 bridgehead atoms. The lowest BCUT2D eigenvalue weighted by Crippen LogP contribution is -2.50. The van der Waals surface area contributed by atoms with Gasteiger partial charge < -0.3 is 9.64 Å². The molecule has 0 spiro atoms. The number of aromatic nitrogens is 2. The molecular formula is C19H21F3N4O4S. The Morgan fingerprint density at radius 1 is 1.03 bits per heavy atom. The number of para-hydroxylation sites is 1. The first-order valence-electron chi connectivity index (χ1n) is 9.86. The zero-order valence-corrected chi connectivity index (χ0v) is 17.3. The van der Waals surface area contributed by atoms with Crippen molar-refractivity contribution in [2.75, 3.05) is 26.2 Å². The number of aryl methyl sites for hydroxylation is 1. The Hall–Kier alpha value is -2.60. The molecule has 0 unspecified atom stereocenters. The number of rotatable bonds is 4. The van der Waals surface area contributed by atoms with E-state index in [2.05, 4.69) is 9.84 Å². The van der Waals surface area contributed by atoms with Gasteiger partial charge in [0.15, 0.2) is 0 Å². The number of hydrogen-bond acceptors (Lipinski definition) is 5. The van der Waals surface area contributed by atoms with Crippen molar-refractivity contribution < 1.29 is 31.1 Å². The second-order valence-electron chi connectivity index (χ2n) is 7.38. The van der Waals surface area contributed by atoms with Gasteiger partial charge in [0.05, 0.1) is 17.5 Å². The Balaban J connectivity index is 1.48. The third-order valence-electron chi connectivity index (χ3n) is 5.43. The van der Waals surface area contributed by atoms with Crippen LogP contribution in [0.5, 0.6) is 5.75 Å². The fourth-order valence-corrected chi connectivity index (χ4v) is 5.45. The predicted molar refractivity (Wildman–Crippen MR) is 103 cm³/mol. The summed E-state index contributed by atoms with van der Waals surface area (Å²) < 4.78 is 70.7. The average molecular weight is 458 g/mol. The molecule has 31 heavy (non-hydrogen) atoms. The van der Waals surface area contributed by atoms with E-state index in [9.17, 15) is 26.4 Å². The lowest BCUT2D eigenvalue weighted by Gasteiger charge is -2.34. The summed E-state index contributed by atoms with van der Waals surface area (Å²) in [6.45, 7) is 0.972. The van der Waals surface area contributed by atoms with Gasteiger partial charge in [-0.25, -0.2) is 8.42 Å². The fourth-order valence-electron chi connectivity index (χ4n) is 3.91. The van der Waals surface area contributed by atoms with Crippen LogP contribution in [0.2, 0.25) is 0 Å². The van der Waals surface area contributed by atoms with Crippen LogP contribution in [0.15, 0.2) is 35.4 Å². The van der Waals surface area contributed by atoms with Gasteiger partial charge in [0.2, 0.25) is 10.0 Å². The number of ether oxygens (including phenoxy) is 1. The van der Waals surface area contributed by atoms with Crippen LogP contribution in [0.4, 0.5) is 13.2 Å². The van der Waals surface area contributed by atoms with Crippen LogP contribution in [0.1, 0.15) is 28.9 Å². The molecule has 1 fully saturated rings. The third-order valence-corrected chi connectivity index (χ3v) is 7.37. The number of halogens is 3. The van der Waals surface area contributed by atoms with E-state index in [1.54, 1.807) is 11.1 Å². The maximum absolute atomic E-state index is 13.0. The molecule has 1 aromatic carbocycles. The molecule has 2 aromatic rings. The topological polar surface area (TPSA) is 84.7 Å². The number of sulfonamides is 1. The summed E-state index contributed by atoms with van der Waals surface area (Å²) in [7, 11) is -4.23. The minimum Gasteiger partial charge on any atom is -0.404 e. The first kappa shape index (κ1) is 21.6. The quantitative estimate of drug-likeness (QED) is 0.702. The molecule has 0 N–H and O–H groups in total. The van der Waals surface area contributed by atoms with Crippen molar-refractivity contribution in [1.82, 2.24) is 19.0 Å². The van der Waals surface area contributed by atoms with Crippen molar-refractivity contribution in [2.24, 2.45) is 0 Å². The van der Waals surface area contributed by atoms with E-state index in [1.165, 1.54) is 12.1 Å². The van der Waals surface area contributed by atoms with E-state index in [0.717, 1.165) is 47.9 Å². The number of amides is 1. The van der Waals surface area contributed by atoms with Crippen molar-refractivity contribution in [3.8, 4) is 5.75 Å². The largest absolute Gasteiger partial charge is 0.573 e. The van der Waals surface area contributed by atoms with Gasteiger partial charge in [-0.05, 0) is 31.4 Å². The zero-order valence-electron chi connectivity index (χ0n) is 16.5. The Morgan fingerprint density at radius 3 is 2.45 bits per heavy atom. The fraction of sp³-hybridized carbons (Fsp3) is 0.474. The van der Waals surface area contributed by atoms with E-state index in [1.807, 2.05) is 4.68 Å². The SMILES string of the molecule is O=C(c1cnn2c1CCCC2)N1CCN(S(=O)(=O)c2ccccc2OC(F)(F)F)CC1. The Bertz CT molecular complexity index is 1080. The van der Waals surface area contributed by atoms with Gasteiger partial charge in [0.25, 0.3) is 5.91 Å². The molecule has 1 aromatic heterocycles. The number of carbonyl (C=O) groups is 1. The molecule has 0 radical (unpaired) electrons. The number of benzene rings is 1. The van der Waals surface area contributed by atoms with Gasteiger partial charge in [-0.3, -0.25) is 9.48 Å². The van der Waals surface area contributed by atoms with Gasteiger partial charge in [-0.2, -0.15) is 9.40 Å². The van der Waals surface area contributed by atoms with Crippen LogP contribution < -0.4 is 4.74 Å². The van der Waals surface area contributed by atoms with E-state index in [-0.39, 0.29) is 32.1 Å². The summed E-state index contributed by atoms with van der Waals surface area (Å²) >= 11 is 0. The van der Waals surface area contributed by atoms with Gasteiger partial charge in [-0.1, -0.05) is 12.1 Å². The van der Waals surface area contributed by atoms with Gasteiger partial charge >= 0.3 is 6.36 Å². The Labute approximate surface area is 177 Å². The maximum Gasteiger partial charge on any atom is 0.573 e. The van der Waals surface area contributed by atoms with Crippen LogP contribution in [-0.2, 0) is 23.0 Å². The molecule has 12 heteroatoms. The van der Waals surface area contributed by atoms with Crippen LogP contribution >= 0.6 is 0 Å². The Morgan fingerprint density at radius 2 is 1.74 bits per heavy atom. The van der Waals surface area contributed by atoms with Crippen molar-refractivity contribution in [2.45, 2.75) is 37.1 Å². The van der Waals surface area contributed by atoms with Gasteiger partial charge in [0.1, 0.15) is 10.6 Å². The molecule has 0 atom stereocenters. The highest BCUT2D eigenvalue weighted by molar-refractivity contribution is 7.89. The van der Waals surface area contributed by atoms with Crippen LogP contribution in [0.25, 0.3) is 0 Å².